The zero-order valence-corrected chi connectivity index (χ0v) is 10.0. The van der Waals surface area contributed by atoms with Crippen molar-refractivity contribution in [3.8, 4) is 0 Å². The predicted octanol–water partition coefficient (Wildman–Crippen LogP) is 1.24. The molecule has 1 saturated heterocycles. The molecule has 0 aromatic rings. The highest BCUT2D eigenvalue weighted by Crippen LogP contribution is 2.47. The van der Waals surface area contributed by atoms with Crippen molar-refractivity contribution in [3.63, 3.8) is 0 Å². The van der Waals surface area contributed by atoms with Gasteiger partial charge in [0.25, 0.3) is 0 Å². The van der Waals surface area contributed by atoms with Crippen LogP contribution in [-0.4, -0.2) is 37.0 Å². The third kappa shape index (κ3) is 1.67. The Morgan fingerprint density at radius 1 is 1.33 bits per heavy atom. The van der Waals surface area contributed by atoms with Crippen molar-refractivity contribution >= 4 is 5.91 Å². The largest absolute Gasteiger partial charge is 0.342 e. The van der Waals surface area contributed by atoms with Crippen LogP contribution in [0.3, 0.4) is 0 Å². The fourth-order valence-electron chi connectivity index (χ4n) is 2.99. The molecule has 2 aliphatic rings. The molecule has 2 rings (SSSR count). The van der Waals surface area contributed by atoms with Gasteiger partial charge in [0.1, 0.15) is 0 Å². The number of rotatable bonds is 2. The number of nitrogens with one attached hydrogen (secondary N) is 1. The van der Waals surface area contributed by atoms with Gasteiger partial charge < -0.3 is 10.2 Å². The van der Waals surface area contributed by atoms with Crippen LogP contribution in [0.1, 0.15) is 33.1 Å². The molecule has 1 aliphatic heterocycles. The topological polar surface area (TPSA) is 32.3 Å². The molecule has 2 atom stereocenters. The number of carbonyl (C=O) groups excluding carboxylic acids is 1. The molecule has 1 heterocycles. The fraction of sp³-hybridized carbons (Fsp3) is 0.917. The molecule has 2 unspecified atom stereocenters. The van der Waals surface area contributed by atoms with Crippen molar-refractivity contribution < 1.29 is 4.79 Å². The molecule has 0 aromatic heterocycles. The van der Waals surface area contributed by atoms with Gasteiger partial charge in [-0.05, 0) is 31.7 Å². The quantitative estimate of drug-likeness (QED) is 0.744. The molecule has 1 saturated carbocycles. The summed E-state index contributed by atoms with van der Waals surface area (Å²) in [4.78, 5) is 14.3. The zero-order chi connectivity index (χ0) is 11.1. The second kappa shape index (κ2) is 3.78. The van der Waals surface area contributed by atoms with Crippen LogP contribution in [0.5, 0.6) is 0 Å². The van der Waals surface area contributed by atoms with Crippen molar-refractivity contribution in [1.29, 1.82) is 0 Å². The van der Waals surface area contributed by atoms with Crippen LogP contribution in [0.2, 0.25) is 0 Å². The molecule has 86 valence electrons. The highest BCUT2D eigenvalue weighted by molar-refractivity contribution is 5.81. The van der Waals surface area contributed by atoms with E-state index >= 15 is 0 Å². The first kappa shape index (κ1) is 10.9. The van der Waals surface area contributed by atoms with E-state index in [1.54, 1.807) is 0 Å². The van der Waals surface area contributed by atoms with Crippen LogP contribution in [-0.2, 0) is 4.79 Å². The molecule has 2 fully saturated rings. The molecule has 3 heteroatoms. The second-order valence-corrected chi connectivity index (χ2v) is 5.48. The maximum absolute atomic E-state index is 12.2. The highest BCUT2D eigenvalue weighted by Gasteiger charge is 2.52. The maximum atomic E-state index is 12.2. The molecular formula is C12H22N2O. The van der Waals surface area contributed by atoms with E-state index in [0.717, 1.165) is 19.5 Å². The van der Waals surface area contributed by atoms with Gasteiger partial charge in [0.15, 0.2) is 0 Å². The summed E-state index contributed by atoms with van der Waals surface area (Å²) >= 11 is 0. The summed E-state index contributed by atoms with van der Waals surface area (Å²) in [7, 11) is 1.99. The first-order valence-corrected chi connectivity index (χ1v) is 6.03. The number of carbonyl (C=O) groups is 1. The van der Waals surface area contributed by atoms with Gasteiger partial charge in [0.05, 0.1) is 0 Å². The van der Waals surface area contributed by atoms with E-state index < -0.39 is 0 Å². The standard InChI is InChI=1S/C12H22N2O/c1-12(2)9(8-10(12)13-3)11(15)14-6-4-5-7-14/h9-10,13H,4-8H2,1-3H3. The number of nitrogens with zero attached hydrogens (tertiary/aromatic N) is 1. The lowest BCUT2D eigenvalue weighted by Crippen LogP contribution is -2.60. The minimum atomic E-state index is 0.133. The molecule has 1 aliphatic carbocycles. The monoisotopic (exact) mass is 210 g/mol. The zero-order valence-electron chi connectivity index (χ0n) is 10.0. The first-order valence-electron chi connectivity index (χ1n) is 6.03. The first-order chi connectivity index (χ1) is 7.07. The van der Waals surface area contributed by atoms with E-state index in [-0.39, 0.29) is 11.3 Å². The van der Waals surface area contributed by atoms with E-state index in [0.29, 0.717) is 11.9 Å². The van der Waals surface area contributed by atoms with Gasteiger partial charge in [0, 0.05) is 25.0 Å². The average Bonchev–Trinajstić information content (AvgIpc) is 2.69. The Kier molecular flexibility index (Phi) is 2.75. The summed E-state index contributed by atoms with van der Waals surface area (Å²) in [5.41, 5.74) is 0.133. The maximum Gasteiger partial charge on any atom is 0.226 e. The van der Waals surface area contributed by atoms with Crippen LogP contribution in [0, 0.1) is 11.3 Å². The SMILES string of the molecule is CNC1CC(C(=O)N2CCCC2)C1(C)C. The van der Waals surface area contributed by atoms with Crippen molar-refractivity contribution in [2.24, 2.45) is 11.3 Å². The Balaban J connectivity index is 1.98. The fourth-order valence-corrected chi connectivity index (χ4v) is 2.99. The summed E-state index contributed by atoms with van der Waals surface area (Å²) < 4.78 is 0. The number of hydrogen-bond donors (Lipinski definition) is 1. The van der Waals surface area contributed by atoms with Gasteiger partial charge in [-0.15, -0.1) is 0 Å². The summed E-state index contributed by atoms with van der Waals surface area (Å²) in [5, 5.41) is 3.30. The Bertz CT molecular complexity index is 256. The van der Waals surface area contributed by atoms with Crippen LogP contribution < -0.4 is 5.32 Å². The van der Waals surface area contributed by atoms with Crippen molar-refractivity contribution in [2.75, 3.05) is 20.1 Å². The normalized spacial score (nSPS) is 33.9. The smallest absolute Gasteiger partial charge is 0.226 e. The second-order valence-electron chi connectivity index (χ2n) is 5.48. The molecule has 1 N–H and O–H groups in total. The number of likely N-dealkylation sites (tertiary alicyclic amines) is 1. The van der Waals surface area contributed by atoms with E-state index in [1.807, 2.05) is 7.05 Å². The van der Waals surface area contributed by atoms with Gasteiger partial charge in [-0.3, -0.25) is 4.79 Å². The van der Waals surface area contributed by atoms with Gasteiger partial charge in [-0.1, -0.05) is 13.8 Å². The van der Waals surface area contributed by atoms with Gasteiger partial charge in [0.2, 0.25) is 5.91 Å². The van der Waals surface area contributed by atoms with E-state index in [1.165, 1.54) is 12.8 Å². The summed E-state index contributed by atoms with van der Waals surface area (Å²) in [6.07, 6.45) is 3.39. The molecule has 0 radical (unpaired) electrons. The van der Waals surface area contributed by atoms with Crippen LogP contribution >= 0.6 is 0 Å². The lowest BCUT2D eigenvalue weighted by atomic mass is 9.58. The number of amides is 1. The molecule has 15 heavy (non-hydrogen) atoms. The predicted molar refractivity (Wildman–Crippen MR) is 60.5 cm³/mol. The van der Waals surface area contributed by atoms with Gasteiger partial charge in [-0.25, -0.2) is 0 Å². The summed E-state index contributed by atoms with van der Waals surface area (Å²) in [5.74, 6) is 0.636. The highest BCUT2D eigenvalue weighted by atomic mass is 16.2. The minimum Gasteiger partial charge on any atom is -0.342 e. The Labute approximate surface area is 92.2 Å². The van der Waals surface area contributed by atoms with E-state index in [4.69, 9.17) is 0 Å². The molecule has 0 aromatic carbocycles. The van der Waals surface area contributed by atoms with Gasteiger partial charge in [-0.2, -0.15) is 0 Å². The lowest BCUT2D eigenvalue weighted by molar-refractivity contribution is -0.147. The van der Waals surface area contributed by atoms with Crippen molar-refractivity contribution in [3.05, 3.63) is 0 Å². The molecule has 0 bridgehead atoms. The Hall–Kier alpha value is -0.570. The lowest BCUT2D eigenvalue weighted by Gasteiger charge is -2.52. The summed E-state index contributed by atoms with van der Waals surface area (Å²) in [6.45, 7) is 6.37. The molecule has 1 amide bonds. The van der Waals surface area contributed by atoms with Crippen LogP contribution in [0.15, 0.2) is 0 Å². The summed E-state index contributed by atoms with van der Waals surface area (Å²) in [6, 6.07) is 0.508. The molecule has 0 spiro atoms. The van der Waals surface area contributed by atoms with E-state index in [2.05, 4.69) is 24.1 Å². The molecule has 3 nitrogen and oxygen atoms in total. The molecular weight excluding hydrogens is 188 g/mol. The third-order valence-corrected chi connectivity index (χ3v) is 4.33. The van der Waals surface area contributed by atoms with Crippen LogP contribution in [0.4, 0.5) is 0 Å². The average molecular weight is 210 g/mol. The number of hydrogen-bond acceptors (Lipinski definition) is 2. The Morgan fingerprint density at radius 3 is 2.40 bits per heavy atom. The van der Waals surface area contributed by atoms with E-state index in [9.17, 15) is 4.79 Å². The van der Waals surface area contributed by atoms with Crippen molar-refractivity contribution in [1.82, 2.24) is 10.2 Å². The van der Waals surface area contributed by atoms with Crippen LogP contribution in [0.25, 0.3) is 0 Å². The minimum absolute atomic E-state index is 0.133. The van der Waals surface area contributed by atoms with Gasteiger partial charge >= 0.3 is 0 Å². The third-order valence-electron chi connectivity index (χ3n) is 4.33. The van der Waals surface area contributed by atoms with Crippen molar-refractivity contribution in [2.45, 2.75) is 39.2 Å². The Morgan fingerprint density at radius 2 is 1.93 bits per heavy atom.